The molecule has 1 nitrogen and oxygen atoms in total. The van der Waals surface area contributed by atoms with Crippen LogP contribution in [-0.4, -0.2) is 4.98 Å². The fourth-order valence-electron chi connectivity index (χ4n) is 0.358. The maximum absolute atomic E-state index is 12.2. The molecule has 0 aromatic carbocycles. The molecule has 0 saturated heterocycles. The van der Waals surface area contributed by atoms with Crippen LogP contribution in [0.4, 0.5) is 4.39 Å². The van der Waals surface area contributed by atoms with E-state index >= 15 is 0 Å². The minimum Gasteiger partial charge on any atom is -0.262 e. The Bertz CT molecular complexity index is 173. The van der Waals surface area contributed by atoms with Crippen molar-refractivity contribution in [2.24, 2.45) is 0 Å². The fourth-order valence-corrected chi connectivity index (χ4v) is 0.579. The van der Waals surface area contributed by atoms with E-state index in [1.165, 1.54) is 6.20 Å². The van der Waals surface area contributed by atoms with Crippen molar-refractivity contribution >= 4 is 28.3 Å². The van der Waals surface area contributed by atoms with E-state index in [0.29, 0.717) is 4.47 Å². The third-order valence-corrected chi connectivity index (χ3v) is 1.37. The summed E-state index contributed by atoms with van der Waals surface area (Å²) in [5, 5.41) is 0. The van der Waals surface area contributed by atoms with Gasteiger partial charge in [-0.25, -0.2) is 4.39 Å². The van der Waals surface area contributed by atoms with E-state index in [1.54, 1.807) is 6.07 Å². The van der Waals surface area contributed by atoms with Gasteiger partial charge >= 0.3 is 0 Å². The molecule has 0 amide bonds. The van der Waals surface area contributed by atoms with E-state index < -0.39 is 0 Å². The molecule has 0 aliphatic heterocycles. The first-order valence-electron chi connectivity index (χ1n) is 2.06. The van der Waals surface area contributed by atoms with Crippen LogP contribution in [-0.2, 0) is 0 Å². The molecule has 50 valence electrons. The van der Waals surface area contributed by atoms with Crippen LogP contribution in [0.2, 0.25) is 0 Å². The predicted molar refractivity (Wildman–Crippen MR) is 39.1 cm³/mol. The minimum absolute atomic E-state index is 0. The first kappa shape index (κ1) is 8.85. The summed E-state index contributed by atoms with van der Waals surface area (Å²) in [4.78, 5) is 3.54. The highest BCUT2D eigenvalue weighted by molar-refractivity contribution is 9.10. The third-order valence-electron chi connectivity index (χ3n) is 0.723. The average Bonchev–Trinajstić information content (AvgIpc) is 1.77. The molecule has 0 fully saturated rings. The van der Waals surface area contributed by atoms with Crippen LogP contribution < -0.4 is 0 Å². The second-order valence-corrected chi connectivity index (χ2v) is 2.14. The van der Waals surface area contributed by atoms with Gasteiger partial charge in [0.2, 0.25) is 0 Å². The summed E-state index contributed by atoms with van der Waals surface area (Å²) in [6, 6.07) is 1.55. The molecule has 0 unspecified atom stereocenters. The standard InChI is InChI=1S/C5H3BrFN.ClH/c6-4-1-2-8-3-5(4)7;/h1-3H;1H. The van der Waals surface area contributed by atoms with Crippen molar-refractivity contribution in [1.82, 2.24) is 4.98 Å². The zero-order valence-electron chi connectivity index (χ0n) is 4.34. The lowest BCUT2D eigenvalue weighted by atomic mass is 10.5. The molecule has 1 rings (SSSR count). The molecule has 0 aliphatic rings. The summed E-state index contributed by atoms with van der Waals surface area (Å²) in [6.07, 6.45) is 2.68. The number of nitrogens with zero attached hydrogens (tertiary/aromatic N) is 1. The fraction of sp³-hybridized carbons (Fsp3) is 0. The van der Waals surface area contributed by atoms with E-state index in [9.17, 15) is 4.39 Å². The van der Waals surface area contributed by atoms with Gasteiger partial charge in [0.1, 0.15) is 0 Å². The highest BCUT2D eigenvalue weighted by Gasteiger charge is 1.92. The monoisotopic (exact) mass is 211 g/mol. The van der Waals surface area contributed by atoms with Gasteiger partial charge in [0, 0.05) is 6.20 Å². The van der Waals surface area contributed by atoms with Crippen molar-refractivity contribution in [2.45, 2.75) is 0 Å². The number of hydrogen-bond donors (Lipinski definition) is 0. The molecular weight excluding hydrogens is 208 g/mol. The summed E-state index contributed by atoms with van der Waals surface area (Å²) in [5.74, 6) is -0.326. The summed E-state index contributed by atoms with van der Waals surface area (Å²) in [6.45, 7) is 0. The van der Waals surface area contributed by atoms with Crippen molar-refractivity contribution in [1.29, 1.82) is 0 Å². The summed E-state index contributed by atoms with van der Waals surface area (Å²) >= 11 is 2.98. The van der Waals surface area contributed by atoms with Gasteiger partial charge in [0.25, 0.3) is 0 Å². The first-order chi connectivity index (χ1) is 3.80. The van der Waals surface area contributed by atoms with Gasteiger partial charge in [0.05, 0.1) is 10.7 Å². The number of hydrogen-bond acceptors (Lipinski definition) is 1. The topological polar surface area (TPSA) is 12.9 Å². The molecule has 1 heterocycles. The Hall–Kier alpha value is -0.150. The van der Waals surface area contributed by atoms with Crippen molar-refractivity contribution in [3.05, 3.63) is 28.7 Å². The van der Waals surface area contributed by atoms with Gasteiger partial charge in [-0.05, 0) is 22.0 Å². The van der Waals surface area contributed by atoms with E-state index in [0.717, 1.165) is 6.20 Å². The number of rotatable bonds is 0. The van der Waals surface area contributed by atoms with Gasteiger partial charge < -0.3 is 0 Å². The van der Waals surface area contributed by atoms with Gasteiger partial charge in [-0.2, -0.15) is 0 Å². The SMILES string of the molecule is Cl.Fc1cnccc1Br. The zero-order valence-corrected chi connectivity index (χ0v) is 6.75. The van der Waals surface area contributed by atoms with Crippen molar-refractivity contribution in [3.63, 3.8) is 0 Å². The third kappa shape index (κ3) is 2.28. The van der Waals surface area contributed by atoms with Crippen LogP contribution in [0.15, 0.2) is 22.9 Å². The molecule has 0 radical (unpaired) electrons. The molecule has 1 aromatic rings. The molecule has 9 heavy (non-hydrogen) atoms. The van der Waals surface area contributed by atoms with Crippen molar-refractivity contribution < 1.29 is 4.39 Å². The highest BCUT2D eigenvalue weighted by Crippen LogP contribution is 2.10. The van der Waals surface area contributed by atoms with E-state index in [4.69, 9.17) is 0 Å². The highest BCUT2D eigenvalue weighted by atomic mass is 79.9. The van der Waals surface area contributed by atoms with Crippen LogP contribution >= 0.6 is 28.3 Å². The Morgan fingerprint density at radius 1 is 1.56 bits per heavy atom. The Kier molecular flexibility index (Phi) is 3.73. The van der Waals surface area contributed by atoms with Crippen LogP contribution in [0.25, 0.3) is 0 Å². The first-order valence-corrected chi connectivity index (χ1v) is 2.85. The molecule has 1 aromatic heterocycles. The van der Waals surface area contributed by atoms with Gasteiger partial charge in [0.15, 0.2) is 5.82 Å². The van der Waals surface area contributed by atoms with Gasteiger partial charge in [-0.1, -0.05) is 0 Å². The van der Waals surface area contributed by atoms with E-state index in [1.807, 2.05) is 0 Å². The molecule has 4 heteroatoms. The quantitative estimate of drug-likeness (QED) is 0.643. The minimum atomic E-state index is -0.326. The van der Waals surface area contributed by atoms with Crippen LogP contribution in [0.5, 0.6) is 0 Å². The summed E-state index contributed by atoms with van der Waals surface area (Å²) in [5.41, 5.74) is 0. The van der Waals surface area contributed by atoms with Crippen LogP contribution in [0, 0.1) is 5.82 Å². The maximum atomic E-state index is 12.2. The van der Waals surface area contributed by atoms with Gasteiger partial charge in [-0.3, -0.25) is 4.98 Å². The Morgan fingerprint density at radius 3 is 2.56 bits per heavy atom. The molecule has 0 spiro atoms. The lowest BCUT2D eigenvalue weighted by molar-refractivity contribution is 0.614. The van der Waals surface area contributed by atoms with Crippen LogP contribution in [0.3, 0.4) is 0 Å². The molecular formula is C5H4BrClFN. The van der Waals surface area contributed by atoms with Crippen molar-refractivity contribution in [2.75, 3.05) is 0 Å². The Labute approximate surface area is 66.8 Å². The molecule has 0 N–H and O–H groups in total. The maximum Gasteiger partial charge on any atom is 0.155 e. The second-order valence-electron chi connectivity index (χ2n) is 1.29. The molecule has 0 bridgehead atoms. The van der Waals surface area contributed by atoms with E-state index in [2.05, 4.69) is 20.9 Å². The predicted octanol–water partition coefficient (Wildman–Crippen LogP) is 2.41. The Morgan fingerprint density at radius 2 is 2.22 bits per heavy atom. The number of aromatic nitrogens is 1. The van der Waals surface area contributed by atoms with Crippen molar-refractivity contribution in [3.8, 4) is 0 Å². The lowest BCUT2D eigenvalue weighted by Crippen LogP contribution is -1.75. The normalized spacial score (nSPS) is 8.22. The average molecular weight is 212 g/mol. The Balaban J connectivity index is 0.000000640. The zero-order chi connectivity index (χ0) is 5.98. The summed E-state index contributed by atoms with van der Waals surface area (Å²) in [7, 11) is 0. The largest absolute Gasteiger partial charge is 0.262 e. The number of pyridine rings is 1. The summed E-state index contributed by atoms with van der Waals surface area (Å²) < 4.78 is 12.7. The smallest absolute Gasteiger partial charge is 0.155 e. The van der Waals surface area contributed by atoms with Gasteiger partial charge in [-0.15, -0.1) is 12.4 Å². The van der Waals surface area contributed by atoms with Crippen LogP contribution in [0.1, 0.15) is 0 Å². The molecule has 0 atom stereocenters. The van der Waals surface area contributed by atoms with E-state index in [-0.39, 0.29) is 18.2 Å². The lowest BCUT2D eigenvalue weighted by Gasteiger charge is -1.86. The molecule has 0 aliphatic carbocycles. The second kappa shape index (κ2) is 3.80. The number of halogens is 3. The molecule has 0 saturated carbocycles.